The predicted octanol–water partition coefficient (Wildman–Crippen LogP) is 1.90. The van der Waals surface area contributed by atoms with E-state index in [2.05, 4.69) is 19.2 Å². The maximum atomic E-state index is 12.6. The molecule has 4 heteroatoms. The van der Waals surface area contributed by atoms with Crippen LogP contribution in [-0.4, -0.2) is 29.3 Å². The summed E-state index contributed by atoms with van der Waals surface area (Å²) in [5.41, 5.74) is -0.0897. The van der Waals surface area contributed by atoms with Crippen LogP contribution in [0.15, 0.2) is 30.3 Å². The molecule has 4 nitrogen and oxygen atoms in total. The second-order valence-electron chi connectivity index (χ2n) is 5.98. The average Bonchev–Trinajstić information content (AvgIpc) is 2.42. The number of amides is 2. The molecule has 0 radical (unpaired) electrons. The molecule has 1 fully saturated rings. The van der Waals surface area contributed by atoms with Gasteiger partial charge in [-0.25, -0.2) is 0 Å². The van der Waals surface area contributed by atoms with Gasteiger partial charge < -0.3 is 10.2 Å². The zero-order valence-electron chi connectivity index (χ0n) is 12.5. The van der Waals surface area contributed by atoms with Crippen LogP contribution < -0.4 is 5.32 Å². The SMILES string of the molecule is CC(C)CN1C(=O)C(C)NC(=O)C1(C)c1ccccc1. The summed E-state index contributed by atoms with van der Waals surface area (Å²) < 4.78 is 0. The Hall–Kier alpha value is -1.84. The van der Waals surface area contributed by atoms with E-state index in [4.69, 9.17) is 0 Å². The number of carbonyl (C=O) groups is 2. The number of piperazine rings is 1. The first-order chi connectivity index (χ1) is 9.37. The minimum absolute atomic E-state index is 0.0235. The zero-order chi connectivity index (χ0) is 14.9. The highest BCUT2D eigenvalue weighted by Crippen LogP contribution is 2.32. The van der Waals surface area contributed by atoms with Crippen molar-refractivity contribution in [1.82, 2.24) is 10.2 Å². The van der Waals surface area contributed by atoms with Crippen molar-refractivity contribution in [3.8, 4) is 0 Å². The van der Waals surface area contributed by atoms with E-state index >= 15 is 0 Å². The number of hydrogen-bond acceptors (Lipinski definition) is 2. The molecule has 0 saturated carbocycles. The Labute approximate surface area is 120 Å². The van der Waals surface area contributed by atoms with E-state index in [1.165, 1.54) is 0 Å². The van der Waals surface area contributed by atoms with Crippen molar-refractivity contribution < 1.29 is 9.59 Å². The van der Waals surface area contributed by atoms with Crippen LogP contribution >= 0.6 is 0 Å². The maximum Gasteiger partial charge on any atom is 0.250 e. The molecule has 1 N–H and O–H groups in total. The van der Waals surface area contributed by atoms with Gasteiger partial charge in [0.05, 0.1) is 0 Å². The van der Waals surface area contributed by atoms with Crippen molar-refractivity contribution in [3.05, 3.63) is 35.9 Å². The molecule has 0 aliphatic carbocycles. The lowest BCUT2D eigenvalue weighted by molar-refractivity contribution is -0.157. The van der Waals surface area contributed by atoms with Gasteiger partial charge in [-0.3, -0.25) is 9.59 Å². The first-order valence-corrected chi connectivity index (χ1v) is 7.05. The van der Waals surface area contributed by atoms with Crippen LogP contribution in [0.4, 0.5) is 0 Å². The zero-order valence-corrected chi connectivity index (χ0v) is 12.5. The summed E-state index contributed by atoms with van der Waals surface area (Å²) in [7, 11) is 0. The number of rotatable bonds is 3. The van der Waals surface area contributed by atoms with Crippen molar-refractivity contribution in [2.24, 2.45) is 5.92 Å². The molecule has 0 spiro atoms. The van der Waals surface area contributed by atoms with Gasteiger partial charge in [0, 0.05) is 6.54 Å². The molecule has 2 unspecified atom stereocenters. The lowest BCUT2D eigenvalue weighted by atomic mass is 9.85. The molecule has 20 heavy (non-hydrogen) atoms. The molecule has 1 aromatic carbocycles. The Balaban J connectivity index is 2.50. The maximum absolute atomic E-state index is 12.6. The second-order valence-corrected chi connectivity index (χ2v) is 5.98. The molecule has 2 rings (SSSR count). The van der Waals surface area contributed by atoms with Crippen LogP contribution in [-0.2, 0) is 15.1 Å². The summed E-state index contributed by atoms with van der Waals surface area (Å²) in [6.45, 7) is 8.23. The normalized spacial score (nSPS) is 26.9. The third-order valence-corrected chi connectivity index (χ3v) is 3.85. The van der Waals surface area contributed by atoms with Gasteiger partial charge in [0.25, 0.3) is 5.91 Å². The van der Waals surface area contributed by atoms with E-state index in [1.54, 1.807) is 11.8 Å². The molecule has 1 aromatic rings. The molecule has 2 amide bonds. The van der Waals surface area contributed by atoms with Crippen molar-refractivity contribution in [2.75, 3.05) is 6.54 Å². The molecule has 1 heterocycles. The van der Waals surface area contributed by atoms with Gasteiger partial charge in [-0.15, -0.1) is 0 Å². The lowest BCUT2D eigenvalue weighted by Crippen LogP contribution is -2.67. The topological polar surface area (TPSA) is 49.4 Å². The summed E-state index contributed by atoms with van der Waals surface area (Å²) in [5, 5.41) is 2.79. The van der Waals surface area contributed by atoms with E-state index in [1.807, 2.05) is 37.3 Å². The summed E-state index contributed by atoms with van der Waals surface area (Å²) in [6.07, 6.45) is 0. The fourth-order valence-electron chi connectivity index (χ4n) is 2.66. The van der Waals surface area contributed by atoms with Gasteiger partial charge in [-0.05, 0) is 25.3 Å². The lowest BCUT2D eigenvalue weighted by Gasteiger charge is -2.46. The summed E-state index contributed by atoms with van der Waals surface area (Å²) in [5.74, 6) is 0.168. The average molecular weight is 274 g/mol. The van der Waals surface area contributed by atoms with Crippen LogP contribution in [0.1, 0.15) is 33.3 Å². The van der Waals surface area contributed by atoms with E-state index in [0.717, 1.165) is 5.56 Å². The van der Waals surface area contributed by atoms with Crippen molar-refractivity contribution in [3.63, 3.8) is 0 Å². The molecule has 0 bridgehead atoms. The highest BCUT2D eigenvalue weighted by molar-refractivity contribution is 6.00. The third kappa shape index (κ3) is 2.30. The van der Waals surface area contributed by atoms with E-state index in [-0.39, 0.29) is 11.8 Å². The quantitative estimate of drug-likeness (QED) is 0.915. The number of hydrogen-bond donors (Lipinski definition) is 1. The van der Waals surface area contributed by atoms with Crippen LogP contribution in [0.2, 0.25) is 0 Å². The molecular weight excluding hydrogens is 252 g/mol. The van der Waals surface area contributed by atoms with Crippen LogP contribution in [0.5, 0.6) is 0 Å². The summed E-state index contributed by atoms with van der Waals surface area (Å²) in [4.78, 5) is 26.8. The van der Waals surface area contributed by atoms with Gasteiger partial charge in [-0.2, -0.15) is 0 Å². The fourth-order valence-corrected chi connectivity index (χ4v) is 2.66. The molecule has 2 atom stereocenters. The highest BCUT2D eigenvalue weighted by atomic mass is 16.2. The Morgan fingerprint density at radius 1 is 1.25 bits per heavy atom. The van der Waals surface area contributed by atoms with Gasteiger partial charge in [-0.1, -0.05) is 44.2 Å². The fraction of sp³-hybridized carbons (Fsp3) is 0.500. The second kappa shape index (κ2) is 5.27. The predicted molar refractivity (Wildman–Crippen MR) is 77.9 cm³/mol. The van der Waals surface area contributed by atoms with Gasteiger partial charge in [0.1, 0.15) is 11.6 Å². The standard InChI is InChI=1S/C16H22N2O2/c1-11(2)10-18-14(19)12(3)17-15(20)16(18,4)13-8-6-5-7-9-13/h5-9,11-12H,10H2,1-4H3,(H,17,20). The largest absolute Gasteiger partial charge is 0.342 e. The van der Waals surface area contributed by atoms with Crippen molar-refractivity contribution in [2.45, 2.75) is 39.3 Å². The minimum Gasteiger partial charge on any atom is -0.342 e. The molecule has 0 aromatic heterocycles. The minimum atomic E-state index is -0.935. The smallest absolute Gasteiger partial charge is 0.250 e. The van der Waals surface area contributed by atoms with Crippen LogP contribution in [0.25, 0.3) is 0 Å². The number of carbonyl (C=O) groups excluding carboxylic acids is 2. The van der Waals surface area contributed by atoms with Crippen LogP contribution in [0.3, 0.4) is 0 Å². The van der Waals surface area contributed by atoms with Crippen molar-refractivity contribution >= 4 is 11.8 Å². The highest BCUT2D eigenvalue weighted by Gasteiger charge is 2.49. The summed E-state index contributed by atoms with van der Waals surface area (Å²) >= 11 is 0. The van der Waals surface area contributed by atoms with E-state index in [9.17, 15) is 9.59 Å². The molecule has 1 saturated heterocycles. The van der Waals surface area contributed by atoms with E-state index in [0.29, 0.717) is 12.5 Å². The first kappa shape index (κ1) is 14.6. The Morgan fingerprint density at radius 3 is 2.40 bits per heavy atom. The van der Waals surface area contributed by atoms with E-state index < -0.39 is 11.6 Å². The van der Waals surface area contributed by atoms with Crippen LogP contribution in [0, 0.1) is 5.92 Å². The van der Waals surface area contributed by atoms with Gasteiger partial charge in [0.15, 0.2) is 0 Å². The Bertz CT molecular complexity index is 512. The number of benzene rings is 1. The molecule has 108 valence electrons. The number of nitrogens with zero attached hydrogens (tertiary/aromatic N) is 1. The molecular formula is C16H22N2O2. The first-order valence-electron chi connectivity index (χ1n) is 7.05. The third-order valence-electron chi connectivity index (χ3n) is 3.85. The van der Waals surface area contributed by atoms with Gasteiger partial charge >= 0.3 is 0 Å². The monoisotopic (exact) mass is 274 g/mol. The number of nitrogens with one attached hydrogen (secondary N) is 1. The Morgan fingerprint density at radius 2 is 1.85 bits per heavy atom. The summed E-state index contributed by atoms with van der Waals surface area (Å²) in [6, 6.07) is 9.03. The Kier molecular flexibility index (Phi) is 3.84. The molecule has 1 aliphatic heterocycles. The van der Waals surface area contributed by atoms with Crippen molar-refractivity contribution in [1.29, 1.82) is 0 Å². The van der Waals surface area contributed by atoms with Gasteiger partial charge in [0.2, 0.25) is 5.91 Å². The molecule has 1 aliphatic rings.